The third-order valence-corrected chi connectivity index (χ3v) is 3.96. The first kappa shape index (κ1) is 18.1. The largest absolute Gasteiger partial charge is 0.400 e. The lowest BCUT2D eigenvalue weighted by atomic mass is 9.66. The third-order valence-electron chi connectivity index (χ3n) is 3.96. The Morgan fingerprint density at radius 1 is 1.05 bits per heavy atom. The van der Waals surface area contributed by atoms with Crippen LogP contribution in [0.5, 0.6) is 0 Å². The van der Waals surface area contributed by atoms with Crippen LogP contribution in [0, 0.1) is 10.8 Å². The summed E-state index contributed by atoms with van der Waals surface area (Å²) in [5.74, 6) is -6.23. The predicted molar refractivity (Wildman–Crippen MR) is 56.5 cm³/mol. The van der Waals surface area contributed by atoms with Crippen molar-refractivity contribution in [3.05, 3.63) is 0 Å². The van der Waals surface area contributed by atoms with Gasteiger partial charge in [0.2, 0.25) is 0 Å². The van der Waals surface area contributed by atoms with Crippen molar-refractivity contribution in [1.29, 1.82) is 0 Å². The maximum Gasteiger partial charge on any atom is 0.400 e. The third kappa shape index (κ3) is 2.42. The van der Waals surface area contributed by atoms with Gasteiger partial charge < -0.3 is 4.89 Å². The Balaban J connectivity index is 6.00. The number of carbonyl (C=O) groups excluding carboxylic acids is 1. The average molecular weight is 292 g/mol. The van der Waals surface area contributed by atoms with Crippen molar-refractivity contribution < 1.29 is 36.9 Å². The lowest BCUT2D eigenvalue weighted by Gasteiger charge is -2.45. The van der Waals surface area contributed by atoms with Crippen LogP contribution in [0.15, 0.2) is 0 Å². The minimum Gasteiger partial charge on any atom is -0.300 e. The summed E-state index contributed by atoms with van der Waals surface area (Å²) in [7, 11) is 0. The first-order valence-corrected chi connectivity index (χ1v) is 5.66. The zero-order chi connectivity index (χ0) is 15.7. The highest BCUT2D eigenvalue weighted by molar-refractivity contribution is 5.77. The fourth-order valence-electron chi connectivity index (χ4n) is 1.80. The number of hydrogen-bond acceptors (Lipinski definition) is 3. The molecule has 0 radical (unpaired) electrons. The van der Waals surface area contributed by atoms with Crippen LogP contribution in [0.4, 0.5) is 22.0 Å². The van der Waals surface area contributed by atoms with Crippen molar-refractivity contribution >= 4 is 5.97 Å². The van der Waals surface area contributed by atoms with Crippen molar-refractivity contribution in [3.8, 4) is 0 Å². The van der Waals surface area contributed by atoms with Gasteiger partial charge in [-0.2, -0.15) is 18.4 Å². The van der Waals surface area contributed by atoms with Crippen LogP contribution < -0.4 is 0 Å². The molecule has 0 rings (SSSR count). The SMILES string of the molecule is CCC(C)(C(=O)OO)C(F)(F)C(C)(CC)C(F)(F)F. The molecule has 0 fully saturated rings. The highest BCUT2D eigenvalue weighted by atomic mass is 19.4. The molecule has 0 aromatic carbocycles. The summed E-state index contributed by atoms with van der Waals surface area (Å²) >= 11 is 0. The van der Waals surface area contributed by atoms with Gasteiger partial charge in [-0.25, -0.2) is 13.6 Å². The molecular formula is C11H17F5O3. The smallest absolute Gasteiger partial charge is 0.300 e. The molecule has 8 heteroatoms. The second-order valence-corrected chi connectivity index (χ2v) is 4.82. The maximum absolute atomic E-state index is 14.3. The Bertz CT molecular complexity index is 342. The van der Waals surface area contributed by atoms with Crippen LogP contribution in [-0.2, 0) is 9.68 Å². The first-order valence-electron chi connectivity index (χ1n) is 5.66. The van der Waals surface area contributed by atoms with E-state index in [0.29, 0.717) is 13.8 Å². The van der Waals surface area contributed by atoms with Crippen molar-refractivity contribution in [2.24, 2.45) is 10.8 Å². The number of alkyl halides is 5. The van der Waals surface area contributed by atoms with E-state index in [2.05, 4.69) is 4.89 Å². The zero-order valence-corrected chi connectivity index (χ0v) is 11.1. The number of carbonyl (C=O) groups is 1. The summed E-state index contributed by atoms with van der Waals surface area (Å²) in [4.78, 5) is 14.5. The van der Waals surface area contributed by atoms with Gasteiger partial charge in [-0.15, -0.1) is 0 Å². The summed E-state index contributed by atoms with van der Waals surface area (Å²) in [6.07, 6.45) is -6.75. The Kier molecular flexibility index (Phi) is 4.97. The molecule has 0 amide bonds. The molecule has 0 aliphatic carbocycles. The van der Waals surface area contributed by atoms with Crippen LogP contribution in [0.25, 0.3) is 0 Å². The molecule has 0 saturated carbocycles. The van der Waals surface area contributed by atoms with Crippen LogP contribution in [0.2, 0.25) is 0 Å². The van der Waals surface area contributed by atoms with Crippen molar-refractivity contribution in [3.63, 3.8) is 0 Å². The molecule has 2 atom stereocenters. The van der Waals surface area contributed by atoms with Gasteiger partial charge in [0, 0.05) is 0 Å². The van der Waals surface area contributed by atoms with E-state index < -0.39 is 41.7 Å². The highest BCUT2D eigenvalue weighted by Gasteiger charge is 2.73. The second-order valence-electron chi connectivity index (χ2n) is 4.82. The van der Waals surface area contributed by atoms with Gasteiger partial charge in [-0.05, 0) is 26.7 Å². The van der Waals surface area contributed by atoms with Crippen LogP contribution >= 0.6 is 0 Å². The van der Waals surface area contributed by atoms with E-state index in [4.69, 9.17) is 5.26 Å². The summed E-state index contributed by atoms with van der Waals surface area (Å²) < 4.78 is 67.5. The van der Waals surface area contributed by atoms with E-state index in [-0.39, 0.29) is 0 Å². The molecule has 0 aromatic rings. The fourth-order valence-corrected chi connectivity index (χ4v) is 1.80. The molecule has 0 saturated heterocycles. The van der Waals surface area contributed by atoms with Crippen LogP contribution in [-0.4, -0.2) is 23.3 Å². The molecule has 0 aliphatic rings. The van der Waals surface area contributed by atoms with Crippen molar-refractivity contribution in [1.82, 2.24) is 0 Å². The number of halogens is 5. The van der Waals surface area contributed by atoms with Gasteiger partial charge in [0.25, 0.3) is 5.92 Å². The van der Waals surface area contributed by atoms with Gasteiger partial charge in [-0.1, -0.05) is 13.8 Å². The Morgan fingerprint density at radius 2 is 1.47 bits per heavy atom. The summed E-state index contributed by atoms with van der Waals surface area (Å²) in [6.45, 7) is 3.08. The van der Waals surface area contributed by atoms with E-state index in [1.807, 2.05) is 0 Å². The summed E-state index contributed by atoms with van der Waals surface area (Å²) in [6, 6.07) is 0. The quantitative estimate of drug-likeness (QED) is 0.472. The summed E-state index contributed by atoms with van der Waals surface area (Å²) in [5, 5.41) is 8.24. The van der Waals surface area contributed by atoms with Crippen molar-refractivity contribution in [2.45, 2.75) is 52.6 Å². The molecular weight excluding hydrogens is 275 g/mol. The molecule has 0 heterocycles. The molecule has 2 unspecified atom stereocenters. The second kappa shape index (κ2) is 5.22. The molecule has 1 N–H and O–H groups in total. The molecule has 0 aromatic heterocycles. The minimum atomic E-state index is -5.21. The highest BCUT2D eigenvalue weighted by Crippen LogP contribution is 2.59. The van der Waals surface area contributed by atoms with Gasteiger partial charge in [0.1, 0.15) is 10.8 Å². The normalized spacial score (nSPS) is 19.5. The average Bonchev–Trinajstić information content (AvgIpc) is 2.33. The van der Waals surface area contributed by atoms with E-state index in [1.165, 1.54) is 0 Å². The summed E-state index contributed by atoms with van der Waals surface area (Å²) in [5.41, 5.74) is -6.18. The Morgan fingerprint density at radius 3 is 1.68 bits per heavy atom. The van der Waals surface area contributed by atoms with E-state index in [0.717, 1.165) is 13.8 Å². The minimum absolute atomic E-state index is 0.353. The van der Waals surface area contributed by atoms with Gasteiger partial charge >= 0.3 is 12.1 Å². The lowest BCUT2D eigenvalue weighted by molar-refractivity contribution is -0.330. The van der Waals surface area contributed by atoms with Gasteiger partial charge in [0.15, 0.2) is 0 Å². The number of rotatable bonds is 5. The maximum atomic E-state index is 14.3. The fraction of sp³-hybridized carbons (Fsp3) is 0.909. The van der Waals surface area contributed by atoms with Gasteiger partial charge in [-0.3, -0.25) is 0 Å². The topological polar surface area (TPSA) is 46.5 Å². The standard InChI is InChI=1S/C11H17F5O3/c1-5-8(3,7(17)19-18)10(12,13)9(4,6-2)11(14,15)16/h18H,5-6H2,1-4H3. The van der Waals surface area contributed by atoms with E-state index in [1.54, 1.807) is 0 Å². The van der Waals surface area contributed by atoms with Crippen LogP contribution in [0.1, 0.15) is 40.5 Å². The first-order chi connectivity index (χ1) is 8.35. The molecule has 0 aliphatic heterocycles. The van der Waals surface area contributed by atoms with Gasteiger partial charge in [0.05, 0.1) is 0 Å². The van der Waals surface area contributed by atoms with Crippen molar-refractivity contribution in [2.75, 3.05) is 0 Å². The molecule has 114 valence electrons. The molecule has 0 bridgehead atoms. The molecule has 19 heavy (non-hydrogen) atoms. The Hall–Kier alpha value is -0.920. The zero-order valence-electron chi connectivity index (χ0n) is 11.1. The van der Waals surface area contributed by atoms with E-state index >= 15 is 0 Å². The van der Waals surface area contributed by atoms with Crippen LogP contribution in [0.3, 0.4) is 0 Å². The lowest BCUT2D eigenvalue weighted by Crippen LogP contribution is -2.60. The predicted octanol–water partition coefficient (Wildman–Crippen LogP) is 4.03. The van der Waals surface area contributed by atoms with E-state index in [9.17, 15) is 26.7 Å². The number of hydrogen-bond donors (Lipinski definition) is 1. The molecule has 0 spiro atoms. The molecule has 3 nitrogen and oxygen atoms in total. The Labute approximate surface area is 107 Å². The monoisotopic (exact) mass is 292 g/mol.